The number of carbonyl (C=O) groups is 2. The lowest BCUT2D eigenvalue weighted by atomic mass is 9.95. The van der Waals surface area contributed by atoms with Crippen LogP contribution >= 0.6 is 0 Å². The third-order valence-electron chi connectivity index (χ3n) is 4.25. The molecular formula is C19H28N2O3. The number of ether oxygens (including phenoxy) is 1. The first-order valence-electron chi connectivity index (χ1n) is 8.49. The standard InChI is InChI=1S/C19H28N2O3/c1-14-6-8-16(9-7-14)20(5)17(22)15-10-12-21(13-11-15)18(23)24-19(2,3)4/h6-9,15H,10-13H2,1-5H3. The molecule has 2 rings (SSSR count). The van der Waals surface area contributed by atoms with Gasteiger partial charge in [-0.15, -0.1) is 0 Å². The van der Waals surface area contributed by atoms with Gasteiger partial charge in [0, 0.05) is 31.7 Å². The van der Waals surface area contributed by atoms with Gasteiger partial charge in [-0.05, 0) is 52.7 Å². The van der Waals surface area contributed by atoms with E-state index in [1.165, 1.54) is 5.56 Å². The molecule has 1 aliphatic rings. The average molecular weight is 332 g/mol. The highest BCUT2D eigenvalue weighted by Gasteiger charge is 2.31. The van der Waals surface area contributed by atoms with Gasteiger partial charge in [0.1, 0.15) is 5.60 Å². The molecule has 0 unspecified atom stereocenters. The van der Waals surface area contributed by atoms with Crippen molar-refractivity contribution in [3.63, 3.8) is 0 Å². The summed E-state index contributed by atoms with van der Waals surface area (Å²) in [6.45, 7) is 8.73. The Kier molecular flexibility index (Phi) is 5.52. The highest BCUT2D eigenvalue weighted by atomic mass is 16.6. The quantitative estimate of drug-likeness (QED) is 0.831. The number of piperidine rings is 1. The van der Waals surface area contributed by atoms with Crippen LogP contribution in [0.4, 0.5) is 10.5 Å². The first-order chi connectivity index (χ1) is 11.2. The third-order valence-corrected chi connectivity index (χ3v) is 4.25. The molecule has 1 heterocycles. The maximum Gasteiger partial charge on any atom is 0.410 e. The summed E-state index contributed by atoms with van der Waals surface area (Å²) in [7, 11) is 1.81. The average Bonchev–Trinajstić information content (AvgIpc) is 2.53. The predicted octanol–water partition coefficient (Wildman–Crippen LogP) is 3.60. The maximum atomic E-state index is 12.7. The number of benzene rings is 1. The Bertz CT molecular complexity index is 582. The molecule has 0 aliphatic carbocycles. The number of rotatable bonds is 2. The van der Waals surface area contributed by atoms with Gasteiger partial charge in [-0.2, -0.15) is 0 Å². The normalized spacial score (nSPS) is 16.0. The molecule has 1 aromatic rings. The summed E-state index contributed by atoms with van der Waals surface area (Å²) in [4.78, 5) is 28.2. The molecule has 0 spiro atoms. The van der Waals surface area contributed by atoms with Crippen LogP contribution in [-0.2, 0) is 9.53 Å². The Balaban J connectivity index is 1.90. The van der Waals surface area contributed by atoms with Crippen LogP contribution in [0.15, 0.2) is 24.3 Å². The topological polar surface area (TPSA) is 49.9 Å². The van der Waals surface area contributed by atoms with Crippen LogP contribution in [0.25, 0.3) is 0 Å². The second-order valence-corrected chi connectivity index (χ2v) is 7.47. The zero-order valence-corrected chi connectivity index (χ0v) is 15.3. The number of likely N-dealkylation sites (tertiary alicyclic amines) is 1. The van der Waals surface area contributed by atoms with Gasteiger partial charge in [-0.1, -0.05) is 17.7 Å². The first kappa shape index (κ1) is 18.3. The molecule has 1 aromatic carbocycles. The Morgan fingerprint density at radius 1 is 1.12 bits per heavy atom. The minimum Gasteiger partial charge on any atom is -0.444 e. The van der Waals surface area contributed by atoms with E-state index >= 15 is 0 Å². The van der Waals surface area contributed by atoms with Gasteiger partial charge in [0.05, 0.1) is 0 Å². The fourth-order valence-corrected chi connectivity index (χ4v) is 2.80. The molecule has 1 saturated heterocycles. The molecule has 5 nitrogen and oxygen atoms in total. The molecule has 1 fully saturated rings. The van der Waals surface area contributed by atoms with Gasteiger partial charge in [-0.3, -0.25) is 4.79 Å². The van der Waals surface area contributed by atoms with E-state index in [0.29, 0.717) is 25.9 Å². The van der Waals surface area contributed by atoms with Gasteiger partial charge in [0.15, 0.2) is 0 Å². The molecule has 0 radical (unpaired) electrons. The lowest BCUT2D eigenvalue weighted by Gasteiger charge is -2.34. The zero-order chi connectivity index (χ0) is 17.9. The van der Waals surface area contributed by atoms with E-state index < -0.39 is 5.60 Å². The highest BCUT2D eigenvalue weighted by molar-refractivity contribution is 5.94. The molecule has 132 valence electrons. The minimum atomic E-state index is -0.491. The number of aryl methyl sites for hydroxylation is 1. The Morgan fingerprint density at radius 3 is 2.17 bits per heavy atom. The largest absolute Gasteiger partial charge is 0.444 e. The van der Waals surface area contributed by atoms with Crippen molar-refractivity contribution in [2.24, 2.45) is 5.92 Å². The van der Waals surface area contributed by atoms with Gasteiger partial charge in [-0.25, -0.2) is 4.79 Å². The van der Waals surface area contributed by atoms with Crippen LogP contribution in [0.2, 0.25) is 0 Å². The van der Waals surface area contributed by atoms with Crippen molar-refractivity contribution in [1.82, 2.24) is 4.90 Å². The van der Waals surface area contributed by atoms with E-state index in [2.05, 4.69) is 0 Å². The Morgan fingerprint density at radius 2 is 1.67 bits per heavy atom. The smallest absolute Gasteiger partial charge is 0.410 e. The van der Waals surface area contributed by atoms with E-state index in [9.17, 15) is 9.59 Å². The summed E-state index contributed by atoms with van der Waals surface area (Å²) >= 11 is 0. The molecular weight excluding hydrogens is 304 g/mol. The summed E-state index contributed by atoms with van der Waals surface area (Å²) in [6, 6.07) is 7.93. The molecule has 0 N–H and O–H groups in total. The van der Waals surface area contributed by atoms with Gasteiger partial charge < -0.3 is 14.5 Å². The van der Waals surface area contributed by atoms with Crippen LogP contribution in [0.5, 0.6) is 0 Å². The van der Waals surface area contributed by atoms with Crippen molar-refractivity contribution in [2.45, 2.75) is 46.1 Å². The van der Waals surface area contributed by atoms with Crippen molar-refractivity contribution < 1.29 is 14.3 Å². The van der Waals surface area contributed by atoms with Gasteiger partial charge in [0.2, 0.25) is 5.91 Å². The lowest BCUT2D eigenvalue weighted by molar-refractivity contribution is -0.123. The van der Waals surface area contributed by atoms with Gasteiger partial charge in [0.25, 0.3) is 0 Å². The Hall–Kier alpha value is -2.04. The van der Waals surface area contributed by atoms with E-state index in [0.717, 1.165) is 5.69 Å². The molecule has 0 aromatic heterocycles. The summed E-state index contributed by atoms with van der Waals surface area (Å²) in [6.07, 6.45) is 1.06. The lowest BCUT2D eigenvalue weighted by Crippen LogP contribution is -2.45. The van der Waals surface area contributed by atoms with Crippen LogP contribution in [0.1, 0.15) is 39.2 Å². The molecule has 0 atom stereocenters. The SMILES string of the molecule is Cc1ccc(N(C)C(=O)C2CCN(C(=O)OC(C)(C)C)CC2)cc1. The second kappa shape index (κ2) is 7.24. The molecule has 1 aliphatic heterocycles. The number of anilines is 1. The minimum absolute atomic E-state index is 0.0463. The maximum absolute atomic E-state index is 12.7. The van der Waals surface area contributed by atoms with Crippen LogP contribution in [0.3, 0.4) is 0 Å². The fourth-order valence-electron chi connectivity index (χ4n) is 2.80. The monoisotopic (exact) mass is 332 g/mol. The zero-order valence-electron chi connectivity index (χ0n) is 15.3. The van der Waals surface area contributed by atoms with Crippen molar-refractivity contribution in [2.75, 3.05) is 25.0 Å². The Labute approximate surface area is 144 Å². The number of nitrogens with zero attached hydrogens (tertiary/aromatic N) is 2. The van der Waals surface area contributed by atoms with Crippen molar-refractivity contribution >= 4 is 17.7 Å². The first-order valence-corrected chi connectivity index (χ1v) is 8.49. The van der Waals surface area contributed by atoms with Crippen LogP contribution in [0, 0.1) is 12.8 Å². The summed E-state index contributed by atoms with van der Waals surface area (Å²) < 4.78 is 5.39. The van der Waals surface area contributed by atoms with Crippen molar-refractivity contribution in [1.29, 1.82) is 0 Å². The van der Waals surface area contributed by atoms with Crippen LogP contribution < -0.4 is 4.90 Å². The molecule has 2 amide bonds. The molecule has 0 bridgehead atoms. The predicted molar refractivity (Wildman–Crippen MR) is 95.1 cm³/mol. The van der Waals surface area contributed by atoms with E-state index in [1.54, 1.807) is 9.80 Å². The fraction of sp³-hybridized carbons (Fsp3) is 0.579. The van der Waals surface area contributed by atoms with E-state index in [4.69, 9.17) is 4.74 Å². The number of hydrogen-bond acceptors (Lipinski definition) is 3. The van der Waals surface area contributed by atoms with E-state index in [-0.39, 0.29) is 17.9 Å². The number of carbonyl (C=O) groups excluding carboxylic acids is 2. The molecule has 0 saturated carbocycles. The highest BCUT2D eigenvalue weighted by Crippen LogP contribution is 2.24. The van der Waals surface area contributed by atoms with E-state index in [1.807, 2.05) is 59.0 Å². The van der Waals surface area contributed by atoms with Crippen molar-refractivity contribution in [3.05, 3.63) is 29.8 Å². The second-order valence-electron chi connectivity index (χ2n) is 7.47. The summed E-state index contributed by atoms with van der Waals surface area (Å²) in [5.41, 5.74) is 1.58. The van der Waals surface area contributed by atoms with Gasteiger partial charge >= 0.3 is 6.09 Å². The number of amides is 2. The molecule has 5 heteroatoms. The molecule has 24 heavy (non-hydrogen) atoms. The third kappa shape index (κ3) is 4.73. The van der Waals surface area contributed by atoms with Crippen molar-refractivity contribution in [3.8, 4) is 0 Å². The van der Waals surface area contributed by atoms with Crippen LogP contribution in [-0.4, -0.2) is 42.6 Å². The number of hydrogen-bond donors (Lipinski definition) is 0. The summed E-state index contributed by atoms with van der Waals surface area (Å²) in [5.74, 6) is 0.0673. The summed E-state index contributed by atoms with van der Waals surface area (Å²) in [5, 5.41) is 0.